The van der Waals surface area contributed by atoms with Crippen molar-refractivity contribution < 1.29 is 9.78 Å². The average Bonchev–Trinajstić information content (AvgIpc) is 2.60. The van der Waals surface area contributed by atoms with Gasteiger partial charge in [-0.1, -0.05) is 91.8 Å². The van der Waals surface area contributed by atoms with Crippen LogP contribution in [0.4, 0.5) is 0 Å². The van der Waals surface area contributed by atoms with Gasteiger partial charge in [-0.2, -0.15) is 0 Å². The molecule has 26 heavy (non-hydrogen) atoms. The van der Waals surface area contributed by atoms with Crippen molar-refractivity contribution in [1.82, 2.24) is 0 Å². The van der Waals surface area contributed by atoms with Gasteiger partial charge in [0.15, 0.2) is 11.5 Å². The molecule has 0 amide bonds. The summed E-state index contributed by atoms with van der Waals surface area (Å²) in [5.74, 6) is 2.53. The molecule has 0 atom stereocenters. The standard InChI is InChI=1S/C24H34O2/c1-17(2)23(5,6)19-13-9-11-15-21(19)25-26-22-16-12-10-14-20(22)24(7,8)18(3)4/h9-18H,1-8H3. The Kier molecular flexibility index (Phi) is 6.05. The maximum absolute atomic E-state index is 5.88. The topological polar surface area (TPSA) is 18.5 Å². The van der Waals surface area contributed by atoms with Crippen molar-refractivity contribution in [3.05, 3.63) is 59.7 Å². The third kappa shape index (κ3) is 4.06. The van der Waals surface area contributed by atoms with Gasteiger partial charge in [0, 0.05) is 11.1 Å². The molecule has 0 radical (unpaired) electrons. The second kappa shape index (κ2) is 7.73. The van der Waals surface area contributed by atoms with Crippen LogP contribution in [-0.4, -0.2) is 0 Å². The summed E-state index contributed by atoms with van der Waals surface area (Å²) in [4.78, 5) is 11.8. The monoisotopic (exact) mass is 354 g/mol. The first-order valence-corrected chi connectivity index (χ1v) is 9.62. The van der Waals surface area contributed by atoms with E-state index < -0.39 is 0 Å². The fourth-order valence-corrected chi connectivity index (χ4v) is 2.86. The van der Waals surface area contributed by atoms with Crippen LogP contribution in [-0.2, 0) is 10.8 Å². The van der Waals surface area contributed by atoms with Crippen molar-refractivity contribution >= 4 is 0 Å². The van der Waals surface area contributed by atoms with E-state index in [-0.39, 0.29) is 10.8 Å². The van der Waals surface area contributed by atoms with Gasteiger partial charge < -0.3 is 0 Å². The molecule has 142 valence electrons. The third-order valence-corrected chi connectivity index (χ3v) is 6.27. The normalized spacial score (nSPS) is 12.5. The van der Waals surface area contributed by atoms with Crippen LogP contribution in [0.1, 0.15) is 66.5 Å². The van der Waals surface area contributed by atoms with Gasteiger partial charge >= 0.3 is 0 Å². The van der Waals surface area contributed by atoms with E-state index in [0.29, 0.717) is 11.8 Å². The minimum atomic E-state index is -0.00330. The summed E-state index contributed by atoms with van der Waals surface area (Å²) < 4.78 is 0. The summed E-state index contributed by atoms with van der Waals surface area (Å²) in [7, 11) is 0. The highest BCUT2D eigenvalue weighted by Gasteiger charge is 2.30. The zero-order valence-electron chi connectivity index (χ0n) is 17.6. The zero-order valence-corrected chi connectivity index (χ0v) is 17.6. The smallest absolute Gasteiger partial charge is 0.182 e. The van der Waals surface area contributed by atoms with Crippen molar-refractivity contribution in [2.75, 3.05) is 0 Å². The fraction of sp³-hybridized carbons (Fsp3) is 0.500. The van der Waals surface area contributed by atoms with E-state index in [9.17, 15) is 0 Å². The largest absolute Gasteiger partial charge is 0.290 e. The SMILES string of the molecule is CC(C)C(C)(C)c1ccccc1OOc1ccccc1C(C)(C)C(C)C. The Labute approximate surface area is 159 Å². The van der Waals surface area contributed by atoms with E-state index in [1.54, 1.807) is 0 Å². The van der Waals surface area contributed by atoms with Gasteiger partial charge in [0.1, 0.15) is 0 Å². The van der Waals surface area contributed by atoms with E-state index in [4.69, 9.17) is 9.78 Å². The fourth-order valence-electron chi connectivity index (χ4n) is 2.86. The van der Waals surface area contributed by atoms with Crippen LogP contribution < -0.4 is 9.78 Å². The Bertz CT molecular complexity index is 663. The molecule has 0 aromatic heterocycles. The average molecular weight is 355 g/mol. The first kappa shape index (κ1) is 20.4. The van der Waals surface area contributed by atoms with Gasteiger partial charge in [-0.25, -0.2) is 0 Å². The highest BCUT2D eigenvalue weighted by Crippen LogP contribution is 2.39. The predicted molar refractivity (Wildman–Crippen MR) is 110 cm³/mol. The van der Waals surface area contributed by atoms with Crippen LogP contribution in [0.3, 0.4) is 0 Å². The summed E-state index contributed by atoms with van der Waals surface area (Å²) >= 11 is 0. The first-order chi connectivity index (χ1) is 12.1. The Morgan fingerprint density at radius 2 is 0.885 bits per heavy atom. The van der Waals surface area contributed by atoms with E-state index in [1.807, 2.05) is 24.3 Å². The number of para-hydroxylation sites is 2. The van der Waals surface area contributed by atoms with Crippen LogP contribution in [0, 0.1) is 11.8 Å². The lowest BCUT2D eigenvalue weighted by atomic mass is 9.75. The van der Waals surface area contributed by atoms with E-state index in [2.05, 4.69) is 79.7 Å². The molecule has 0 aliphatic heterocycles. The molecular weight excluding hydrogens is 320 g/mol. The predicted octanol–water partition coefficient (Wildman–Crippen LogP) is 6.93. The lowest BCUT2D eigenvalue weighted by Gasteiger charge is -2.32. The van der Waals surface area contributed by atoms with Gasteiger partial charge in [-0.15, -0.1) is 0 Å². The molecule has 0 saturated heterocycles. The lowest BCUT2D eigenvalue weighted by molar-refractivity contribution is -0.103. The molecule has 0 saturated carbocycles. The van der Waals surface area contributed by atoms with Crippen molar-refractivity contribution in [2.45, 2.75) is 66.2 Å². The molecule has 2 rings (SSSR count). The molecule has 2 nitrogen and oxygen atoms in total. The Hall–Kier alpha value is -1.96. The molecule has 0 fully saturated rings. The maximum Gasteiger partial charge on any atom is 0.182 e. The molecule has 2 heteroatoms. The minimum absolute atomic E-state index is 0.00330. The van der Waals surface area contributed by atoms with Crippen molar-refractivity contribution in [3.8, 4) is 11.5 Å². The quantitative estimate of drug-likeness (QED) is 0.396. The van der Waals surface area contributed by atoms with E-state index in [1.165, 1.54) is 0 Å². The summed E-state index contributed by atoms with van der Waals surface area (Å²) in [6.07, 6.45) is 0. The van der Waals surface area contributed by atoms with Gasteiger partial charge in [0.25, 0.3) is 0 Å². The second-order valence-electron chi connectivity index (χ2n) is 8.91. The third-order valence-electron chi connectivity index (χ3n) is 6.27. The van der Waals surface area contributed by atoms with Crippen LogP contribution in [0.15, 0.2) is 48.5 Å². The Balaban J connectivity index is 2.32. The summed E-state index contributed by atoms with van der Waals surface area (Å²) in [5, 5.41) is 0. The molecule has 0 aliphatic carbocycles. The van der Waals surface area contributed by atoms with Gasteiger partial charge in [0.2, 0.25) is 0 Å². The second-order valence-corrected chi connectivity index (χ2v) is 8.91. The number of benzene rings is 2. The maximum atomic E-state index is 5.88. The van der Waals surface area contributed by atoms with Crippen LogP contribution in [0.2, 0.25) is 0 Å². The summed E-state index contributed by atoms with van der Waals surface area (Å²) in [6, 6.07) is 16.3. The van der Waals surface area contributed by atoms with Crippen LogP contribution in [0.25, 0.3) is 0 Å². The van der Waals surface area contributed by atoms with E-state index in [0.717, 1.165) is 22.6 Å². The summed E-state index contributed by atoms with van der Waals surface area (Å²) in [5.41, 5.74) is 2.32. The van der Waals surface area contributed by atoms with Crippen molar-refractivity contribution in [2.24, 2.45) is 11.8 Å². The van der Waals surface area contributed by atoms with Crippen LogP contribution in [0.5, 0.6) is 11.5 Å². The minimum Gasteiger partial charge on any atom is -0.290 e. The van der Waals surface area contributed by atoms with Gasteiger partial charge in [0.05, 0.1) is 0 Å². The molecular formula is C24H34O2. The molecule has 0 spiro atoms. The van der Waals surface area contributed by atoms with Crippen molar-refractivity contribution in [1.29, 1.82) is 0 Å². The molecule has 2 aromatic rings. The zero-order chi connectivity index (χ0) is 19.5. The molecule has 0 bridgehead atoms. The molecule has 0 heterocycles. The molecule has 0 unspecified atom stereocenters. The number of rotatable bonds is 7. The lowest BCUT2D eigenvalue weighted by Crippen LogP contribution is -2.26. The molecule has 2 aromatic carbocycles. The van der Waals surface area contributed by atoms with Crippen LogP contribution >= 0.6 is 0 Å². The summed E-state index contributed by atoms with van der Waals surface area (Å²) in [6.45, 7) is 17.9. The Morgan fingerprint density at radius 3 is 1.19 bits per heavy atom. The van der Waals surface area contributed by atoms with Gasteiger partial charge in [-0.3, -0.25) is 9.78 Å². The van der Waals surface area contributed by atoms with Crippen molar-refractivity contribution in [3.63, 3.8) is 0 Å². The molecule has 0 aliphatic rings. The highest BCUT2D eigenvalue weighted by molar-refractivity contribution is 5.41. The van der Waals surface area contributed by atoms with E-state index >= 15 is 0 Å². The number of hydrogen-bond acceptors (Lipinski definition) is 2. The Morgan fingerprint density at radius 1 is 0.577 bits per heavy atom. The first-order valence-electron chi connectivity index (χ1n) is 9.62. The van der Waals surface area contributed by atoms with Gasteiger partial charge in [-0.05, 0) is 34.8 Å². The highest BCUT2D eigenvalue weighted by atomic mass is 17.2. The molecule has 0 N–H and O–H groups in total. The number of hydrogen-bond donors (Lipinski definition) is 0.